The molecule has 0 saturated carbocycles. The van der Waals surface area contributed by atoms with E-state index in [4.69, 9.17) is 9.47 Å². The largest absolute Gasteiger partial charge is 0.493 e. The molecule has 1 rings (SSSR count). The van der Waals surface area contributed by atoms with Gasteiger partial charge in [-0.1, -0.05) is 58.3 Å². The molecule has 4 atom stereocenters. The van der Waals surface area contributed by atoms with Gasteiger partial charge >= 0.3 is 0 Å². The van der Waals surface area contributed by atoms with Gasteiger partial charge in [-0.15, -0.1) is 0 Å². The fourth-order valence-electron chi connectivity index (χ4n) is 2.97. The van der Waals surface area contributed by atoms with Crippen molar-refractivity contribution in [3.05, 3.63) is 12.3 Å². The summed E-state index contributed by atoms with van der Waals surface area (Å²) in [7, 11) is 0. The molecular weight excluding hydrogens is 308 g/mol. The lowest BCUT2D eigenvalue weighted by Gasteiger charge is -2.36. The Hall–Kier alpha value is -0.620. The molecule has 0 radical (unpaired) electrons. The second-order valence-corrected chi connectivity index (χ2v) is 6.70. The van der Waals surface area contributed by atoms with Crippen LogP contribution in [0.4, 0.5) is 0 Å². The predicted octanol–water partition coefficient (Wildman–Crippen LogP) is 2.92. The Balaban J connectivity index is 2.04. The minimum absolute atomic E-state index is 0.0222. The van der Waals surface area contributed by atoms with Crippen molar-refractivity contribution in [1.29, 1.82) is 0 Å². The van der Waals surface area contributed by atoms with Crippen molar-refractivity contribution < 1.29 is 24.8 Å². The van der Waals surface area contributed by atoms with E-state index >= 15 is 0 Å². The second kappa shape index (κ2) is 13.6. The molecule has 3 N–H and O–H groups in total. The highest BCUT2D eigenvalue weighted by molar-refractivity contribution is 4.89. The van der Waals surface area contributed by atoms with Gasteiger partial charge in [0.1, 0.15) is 18.3 Å². The lowest BCUT2D eigenvalue weighted by atomic mass is 10.0. The molecule has 1 aliphatic heterocycles. The van der Waals surface area contributed by atoms with Gasteiger partial charge < -0.3 is 24.8 Å². The van der Waals surface area contributed by atoms with Gasteiger partial charge in [0.2, 0.25) is 0 Å². The highest BCUT2D eigenvalue weighted by Crippen LogP contribution is 2.19. The number of ether oxygens (including phenoxy) is 2. The van der Waals surface area contributed by atoms with Gasteiger partial charge in [0.05, 0.1) is 19.5 Å². The molecule has 0 aliphatic carbocycles. The lowest BCUT2D eigenvalue weighted by Crippen LogP contribution is -2.54. The van der Waals surface area contributed by atoms with Crippen LogP contribution < -0.4 is 0 Å². The number of unbranched alkanes of at least 4 members (excludes halogenated alkanes) is 9. The van der Waals surface area contributed by atoms with E-state index in [1.165, 1.54) is 51.4 Å². The van der Waals surface area contributed by atoms with Crippen LogP contribution in [-0.2, 0) is 9.47 Å². The third-order valence-electron chi connectivity index (χ3n) is 4.56. The molecule has 142 valence electrons. The van der Waals surface area contributed by atoms with Crippen LogP contribution in [0.2, 0.25) is 0 Å². The van der Waals surface area contributed by atoms with Gasteiger partial charge in [0, 0.05) is 0 Å². The SMILES string of the molecule is CCCCCCCCCCC/C=C/O[C@H]1[C@H](O)[C@@H](O)CO[C@@H]1CO. The summed E-state index contributed by atoms with van der Waals surface area (Å²) in [5.41, 5.74) is 0. The quantitative estimate of drug-likeness (QED) is 0.354. The zero-order valence-corrected chi connectivity index (χ0v) is 15.1. The molecule has 1 saturated heterocycles. The maximum atomic E-state index is 9.92. The van der Waals surface area contributed by atoms with Crippen LogP contribution in [0.15, 0.2) is 12.3 Å². The fraction of sp³-hybridized carbons (Fsp3) is 0.895. The number of aliphatic hydroxyl groups excluding tert-OH is 3. The summed E-state index contributed by atoms with van der Waals surface area (Å²) in [5.74, 6) is 0. The molecule has 0 aromatic heterocycles. The Morgan fingerprint density at radius 1 is 1.00 bits per heavy atom. The zero-order chi connectivity index (χ0) is 17.6. The summed E-state index contributed by atoms with van der Waals surface area (Å²) >= 11 is 0. The van der Waals surface area contributed by atoms with E-state index in [2.05, 4.69) is 6.92 Å². The molecule has 0 spiro atoms. The average Bonchev–Trinajstić information content (AvgIpc) is 2.59. The fourth-order valence-corrected chi connectivity index (χ4v) is 2.97. The Labute approximate surface area is 146 Å². The Morgan fingerprint density at radius 3 is 2.25 bits per heavy atom. The van der Waals surface area contributed by atoms with Crippen molar-refractivity contribution in [2.45, 2.75) is 95.5 Å². The third kappa shape index (κ3) is 8.47. The minimum atomic E-state index is -1.03. The van der Waals surface area contributed by atoms with Crippen molar-refractivity contribution >= 4 is 0 Å². The highest BCUT2D eigenvalue weighted by atomic mass is 16.6. The topological polar surface area (TPSA) is 79.2 Å². The summed E-state index contributed by atoms with van der Waals surface area (Å²) in [6.45, 7) is 2.03. The van der Waals surface area contributed by atoms with E-state index in [1.54, 1.807) is 6.26 Å². The van der Waals surface area contributed by atoms with Crippen LogP contribution in [0.3, 0.4) is 0 Å². The van der Waals surface area contributed by atoms with Gasteiger partial charge in [0.15, 0.2) is 6.10 Å². The third-order valence-corrected chi connectivity index (χ3v) is 4.56. The Bertz CT molecular complexity index is 319. The molecule has 1 fully saturated rings. The predicted molar refractivity (Wildman–Crippen MR) is 94.7 cm³/mol. The summed E-state index contributed by atoms with van der Waals surface area (Å²) in [6.07, 6.45) is 12.8. The van der Waals surface area contributed by atoms with Crippen molar-refractivity contribution in [2.24, 2.45) is 0 Å². The zero-order valence-electron chi connectivity index (χ0n) is 15.1. The summed E-state index contributed by atoms with van der Waals surface area (Å²) in [5, 5.41) is 28.7. The van der Waals surface area contributed by atoms with Crippen LogP contribution in [-0.4, -0.2) is 52.9 Å². The molecule has 0 unspecified atom stereocenters. The average molecular weight is 344 g/mol. The Kier molecular flexibility index (Phi) is 12.2. The summed E-state index contributed by atoms with van der Waals surface area (Å²) < 4.78 is 10.7. The molecule has 0 aromatic rings. The first kappa shape index (κ1) is 21.4. The van der Waals surface area contributed by atoms with Crippen LogP contribution in [0.1, 0.15) is 71.1 Å². The maximum absolute atomic E-state index is 9.92. The van der Waals surface area contributed by atoms with E-state index in [1.807, 2.05) is 6.08 Å². The first-order valence-electron chi connectivity index (χ1n) is 9.59. The number of hydrogen-bond donors (Lipinski definition) is 3. The lowest BCUT2D eigenvalue weighted by molar-refractivity contribution is -0.197. The molecule has 1 heterocycles. The molecule has 0 amide bonds. The van der Waals surface area contributed by atoms with Crippen LogP contribution in [0, 0.1) is 0 Å². The van der Waals surface area contributed by atoms with Crippen molar-refractivity contribution in [2.75, 3.05) is 13.2 Å². The van der Waals surface area contributed by atoms with Gasteiger partial charge in [0.25, 0.3) is 0 Å². The molecular formula is C19H36O5. The molecule has 5 heteroatoms. The second-order valence-electron chi connectivity index (χ2n) is 6.70. The number of hydrogen-bond acceptors (Lipinski definition) is 5. The van der Waals surface area contributed by atoms with Gasteiger partial charge in [-0.25, -0.2) is 0 Å². The van der Waals surface area contributed by atoms with Crippen molar-refractivity contribution in [1.82, 2.24) is 0 Å². The normalized spacial score (nSPS) is 27.7. The van der Waals surface area contributed by atoms with Crippen molar-refractivity contribution in [3.8, 4) is 0 Å². The molecule has 1 aliphatic rings. The Morgan fingerprint density at radius 2 is 1.62 bits per heavy atom. The van der Waals surface area contributed by atoms with E-state index in [-0.39, 0.29) is 13.2 Å². The van der Waals surface area contributed by atoms with E-state index in [0.29, 0.717) is 0 Å². The molecule has 0 aromatic carbocycles. The molecule has 24 heavy (non-hydrogen) atoms. The maximum Gasteiger partial charge on any atom is 0.154 e. The van der Waals surface area contributed by atoms with Crippen LogP contribution in [0.5, 0.6) is 0 Å². The van der Waals surface area contributed by atoms with Gasteiger partial charge in [-0.3, -0.25) is 0 Å². The summed E-state index contributed by atoms with van der Waals surface area (Å²) in [4.78, 5) is 0. The van der Waals surface area contributed by atoms with Gasteiger partial charge in [-0.2, -0.15) is 0 Å². The number of aliphatic hydroxyl groups is 3. The first-order chi connectivity index (χ1) is 11.7. The van der Waals surface area contributed by atoms with Crippen LogP contribution in [0.25, 0.3) is 0 Å². The van der Waals surface area contributed by atoms with E-state index in [9.17, 15) is 15.3 Å². The monoisotopic (exact) mass is 344 g/mol. The van der Waals surface area contributed by atoms with E-state index in [0.717, 1.165) is 12.8 Å². The molecule has 5 nitrogen and oxygen atoms in total. The summed E-state index contributed by atoms with van der Waals surface area (Å²) in [6, 6.07) is 0. The van der Waals surface area contributed by atoms with Crippen molar-refractivity contribution in [3.63, 3.8) is 0 Å². The van der Waals surface area contributed by atoms with Crippen LogP contribution >= 0.6 is 0 Å². The standard InChI is InChI=1S/C19H36O5/c1-2-3-4-5-6-7-8-9-10-11-12-13-23-19-17(14-20)24-15-16(21)18(19)22/h12-13,16-22H,2-11,14-15H2,1H3/b13-12+/t16-,17+,18+,19+/m0/s1. The first-order valence-corrected chi connectivity index (χ1v) is 9.59. The highest BCUT2D eigenvalue weighted by Gasteiger charge is 2.39. The number of allylic oxidation sites excluding steroid dienone is 1. The van der Waals surface area contributed by atoms with Gasteiger partial charge in [-0.05, 0) is 18.9 Å². The minimum Gasteiger partial charge on any atom is -0.493 e. The number of rotatable bonds is 13. The molecule has 0 bridgehead atoms. The smallest absolute Gasteiger partial charge is 0.154 e. The van der Waals surface area contributed by atoms with E-state index < -0.39 is 24.4 Å².